The lowest BCUT2D eigenvalue weighted by atomic mass is 10.1. The lowest BCUT2D eigenvalue weighted by Gasteiger charge is -2.23. The first-order chi connectivity index (χ1) is 11.1. The molecule has 0 radical (unpaired) electrons. The number of urea groups is 1. The number of amides is 2. The molecule has 0 spiro atoms. The molecule has 3 rings (SSSR count). The third-order valence-electron chi connectivity index (χ3n) is 4.27. The molecular formula is C18H23N3O2. The largest absolute Gasteiger partial charge is 0.359 e. The summed E-state index contributed by atoms with van der Waals surface area (Å²) in [5, 5.41) is 7.11. The maximum atomic E-state index is 12.5. The first kappa shape index (κ1) is 15.6. The fourth-order valence-electron chi connectivity index (χ4n) is 2.91. The number of likely N-dealkylation sites (tertiary alicyclic amines) is 1. The molecule has 0 saturated carbocycles. The van der Waals surface area contributed by atoms with Crippen molar-refractivity contribution in [2.24, 2.45) is 0 Å². The summed E-state index contributed by atoms with van der Waals surface area (Å²) in [6, 6.07) is 11.9. The van der Waals surface area contributed by atoms with Gasteiger partial charge in [0.1, 0.15) is 0 Å². The van der Waals surface area contributed by atoms with Crippen LogP contribution in [0.1, 0.15) is 55.7 Å². The minimum atomic E-state index is -0.0427. The first-order valence-electron chi connectivity index (χ1n) is 8.20. The zero-order chi connectivity index (χ0) is 16.2. The van der Waals surface area contributed by atoms with Gasteiger partial charge in [-0.05, 0) is 24.3 Å². The Morgan fingerprint density at radius 1 is 1.39 bits per heavy atom. The molecule has 5 heteroatoms. The number of aromatic nitrogens is 1. The number of nitrogens with zero attached hydrogens (tertiary/aromatic N) is 2. The molecule has 1 aromatic heterocycles. The van der Waals surface area contributed by atoms with Gasteiger partial charge in [-0.1, -0.05) is 49.3 Å². The molecule has 2 aromatic rings. The number of carbonyl (C=O) groups excluding carboxylic acids is 1. The van der Waals surface area contributed by atoms with Crippen LogP contribution >= 0.6 is 0 Å². The SMILES string of the molecule is CC(C)c1cc(C2CCCN2C(=O)NCc2ccccc2)on1. The maximum absolute atomic E-state index is 12.5. The number of carbonyl (C=O) groups is 1. The molecule has 1 unspecified atom stereocenters. The molecular weight excluding hydrogens is 290 g/mol. The van der Waals surface area contributed by atoms with Gasteiger partial charge in [0.05, 0.1) is 11.7 Å². The third-order valence-corrected chi connectivity index (χ3v) is 4.27. The van der Waals surface area contributed by atoms with Crippen molar-refractivity contribution in [2.45, 2.75) is 45.2 Å². The van der Waals surface area contributed by atoms with E-state index in [1.54, 1.807) is 0 Å². The second-order valence-corrected chi connectivity index (χ2v) is 6.30. The van der Waals surface area contributed by atoms with Crippen molar-refractivity contribution in [3.05, 3.63) is 53.4 Å². The highest BCUT2D eigenvalue weighted by Crippen LogP contribution is 2.33. The molecule has 0 bridgehead atoms. The average molecular weight is 313 g/mol. The number of hydrogen-bond acceptors (Lipinski definition) is 3. The first-order valence-corrected chi connectivity index (χ1v) is 8.20. The van der Waals surface area contributed by atoms with Gasteiger partial charge in [0.25, 0.3) is 0 Å². The molecule has 2 amide bonds. The van der Waals surface area contributed by atoms with Gasteiger partial charge < -0.3 is 14.7 Å². The van der Waals surface area contributed by atoms with Gasteiger partial charge in [-0.15, -0.1) is 0 Å². The van der Waals surface area contributed by atoms with Crippen LogP contribution in [-0.4, -0.2) is 22.6 Å². The van der Waals surface area contributed by atoms with Gasteiger partial charge in [-0.2, -0.15) is 0 Å². The van der Waals surface area contributed by atoms with Crippen LogP contribution in [0.2, 0.25) is 0 Å². The van der Waals surface area contributed by atoms with E-state index in [1.165, 1.54) is 0 Å². The summed E-state index contributed by atoms with van der Waals surface area (Å²) in [5.41, 5.74) is 2.04. The minimum absolute atomic E-state index is 0.00854. The molecule has 122 valence electrons. The van der Waals surface area contributed by atoms with Crippen LogP contribution in [0.5, 0.6) is 0 Å². The molecule has 1 aromatic carbocycles. The lowest BCUT2D eigenvalue weighted by molar-refractivity contribution is 0.182. The molecule has 2 heterocycles. The zero-order valence-corrected chi connectivity index (χ0v) is 13.7. The Hall–Kier alpha value is -2.30. The topological polar surface area (TPSA) is 58.4 Å². The fraction of sp³-hybridized carbons (Fsp3) is 0.444. The predicted molar refractivity (Wildman–Crippen MR) is 88.0 cm³/mol. The summed E-state index contributed by atoms with van der Waals surface area (Å²) < 4.78 is 5.48. The van der Waals surface area contributed by atoms with Crippen LogP contribution in [-0.2, 0) is 6.54 Å². The lowest BCUT2D eigenvalue weighted by Crippen LogP contribution is -2.39. The summed E-state index contributed by atoms with van der Waals surface area (Å²) >= 11 is 0. The number of rotatable bonds is 4. The van der Waals surface area contributed by atoms with Crippen LogP contribution in [0.4, 0.5) is 4.79 Å². The highest BCUT2D eigenvalue weighted by molar-refractivity contribution is 5.75. The third kappa shape index (κ3) is 3.55. The quantitative estimate of drug-likeness (QED) is 0.933. The van der Waals surface area contributed by atoms with E-state index in [2.05, 4.69) is 24.3 Å². The van der Waals surface area contributed by atoms with Crippen molar-refractivity contribution >= 4 is 6.03 Å². The van der Waals surface area contributed by atoms with Crippen LogP contribution in [0.25, 0.3) is 0 Å². The van der Waals surface area contributed by atoms with Crippen molar-refractivity contribution in [3.8, 4) is 0 Å². The van der Waals surface area contributed by atoms with Crippen molar-refractivity contribution in [2.75, 3.05) is 6.54 Å². The van der Waals surface area contributed by atoms with Gasteiger partial charge in [-0.25, -0.2) is 4.79 Å². The molecule has 23 heavy (non-hydrogen) atoms. The summed E-state index contributed by atoms with van der Waals surface area (Å²) in [5.74, 6) is 1.12. The Morgan fingerprint density at radius 3 is 2.87 bits per heavy atom. The molecule has 1 fully saturated rings. The highest BCUT2D eigenvalue weighted by atomic mass is 16.5. The van der Waals surface area contributed by atoms with Gasteiger partial charge in [-0.3, -0.25) is 0 Å². The van der Waals surface area contributed by atoms with E-state index in [-0.39, 0.29) is 12.1 Å². The van der Waals surface area contributed by atoms with Crippen molar-refractivity contribution in [3.63, 3.8) is 0 Å². The van der Waals surface area contributed by atoms with Crippen LogP contribution in [0, 0.1) is 0 Å². The molecule has 1 N–H and O–H groups in total. The number of nitrogens with one attached hydrogen (secondary N) is 1. The van der Waals surface area contributed by atoms with Crippen molar-refractivity contribution in [1.82, 2.24) is 15.4 Å². The van der Waals surface area contributed by atoms with E-state index in [9.17, 15) is 4.79 Å². The van der Waals surface area contributed by atoms with Crippen molar-refractivity contribution in [1.29, 1.82) is 0 Å². The molecule has 1 saturated heterocycles. The summed E-state index contributed by atoms with van der Waals surface area (Å²) in [6.45, 7) is 5.46. The fourth-order valence-corrected chi connectivity index (χ4v) is 2.91. The average Bonchev–Trinajstić information content (AvgIpc) is 3.22. The molecule has 1 atom stereocenters. The van der Waals surface area contributed by atoms with Gasteiger partial charge in [0.2, 0.25) is 0 Å². The summed E-state index contributed by atoms with van der Waals surface area (Å²) in [6.07, 6.45) is 1.91. The second-order valence-electron chi connectivity index (χ2n) is 6.30. The molecule has 0 aliphatic carbocycles. The van der Waals surface area contributed by atoms with E-state index in [0.717, 1.165) is 36.4 Å². The Labute approximate surface area is 136 Å². The Balaban J connectivity index is 1.64. The zero-order valence-electron chi connectivity index (χ0n) is 13.7. The van der Waals surface area contributed by atoms with Crippen LogP contribution in [0.15, 0.2) is 40.9 Å². The van der Waals surface area contributed by atoms with E-state index >= 15 is 0 Å². The molecule has 1 aliphatic heterocycles. The maximum Gasteiger partial charge on any atom is 0.318 e. The number of benzene rings is 1. The Morgan fingerprint density at radius 2 is 2.17 bits per heavy atom. The van der Waals surface area contributed by atoms with E-state index in [0.29, 0.717) is 12.5 Å². The van der Waals surface area contributed by atoms with Gasteiger partial charge in [0, 0.05) is 19.2 Å². The molecule has 1 aliphatic rings. The van der Waals surface area contributed by atoms with E-state index in [4.69, 9.17) is 4.52 Å². The van der Waals surface area contributed by atoms with E-state index < -0.39 is 0 Å². The van der Waals surface area contributed by atoms with Crippen LogP contribution in [0.3, 0.4) is 0 Å². The Bertz CT molecular complexity index is 651. The smallest absolute Gasteiger partial charge is 0.318 e. The summed E-state index contributed by atoms with van der Waals surface area (Å²) in [4.78, 5) is 14.4. The standard InChI is InChI=1S/C18H23N3O2/c1-13(2)15-11-17(23-20-15)16-9-6-10-21(16)18(22)19-12-14-7-4-3-5-8-14/h3-5,7-8,11,13,16H,6,9-10,12H2,1-2H3,(H,19,22). The molecule has 5 nitrogen and oxygen atoms in total. The van der Waals surface area contributed by atoms with Gasteiger partial charge >= 0.3 is 6.03 Å². The summed E-state index contributed by atoms with van der Waals surface area (Å²) in [7, 11) is 0. The minimum Gasteiger partial charge on any atom is -0.359 e. The van der Waals surface area contributed by atoms with Crippen molar-refractivity contribution < 1.29 is 9.32 Å². The van der Waals surface area contributed by atoms with Crippen LogP contribution < -0.4 is 5.32 Å². The highest BCUT2D eigenvalue weighted by Gasteiger charge is 2.32. The Kier molecular flexibility index (Phi) is 4.65. The second kappa shape index (κ2) is 6.86. The monoisotopic (exact) mass is 313 g/mol. The van der Waals surface area contributed by atoms with E-state index in [1.807, 2.05) is 41.3 Å². The van der Waals surface area contributed by atoms with Gasteiger partial charge in [0.15, 0.2) is 5.76 Å². The normalized spacial score (nSPS) is 17.7. The number of hydrogen-bond donors (Lipinski definition) is 1. The predicted octanol–water partition coefficient (Wildman–Crippen LogP) is 3.84.